The van der Waals surface area contributed by atoms with Gasteiger partial charge in [0.2, 0.25) is 0 Å². The number of carbonyl (C=O) groups is 2. The van der Waals surface area contributed by atoms with Crippen LogP contribution in [0.3, 0.4) is 0 Å². The molecule has 7 nitrogen and oxygen atoms in total. The topological polar surface area (TPSA) is 99.7 Å². The minimum atomic E-state index is -0.629. The molecule has 144 valence electrons. The van der Waals surface area contributed by atoms with Gasteiger partial charge in [-0.2, -0.15) is 0 Å². The van der Waals surface area contributed by atoms with Crippen LogP contribution < -0.4 is 20.7 Å². The second-order valence-corrected chi connectivity index (χ2v) is 6.83. The summed E-state index contributed by atoms with van der Waals surface area (Å²) in [4.78, 5) is 24.9. The number of nitrogens with one attached hydrogen (secondary N) is 3. The number of carbonyl (C=O) groups excluding carboxylic acids is 2. The first-order chi connectivity index (χ1) is 13.6. The number of hydrogen-bond acceptors (Lipinski definition) is 5. The fraction of sp³-hybridized carbons (Fsp3) is 0.238. The van der Waals surface area contributed by atoms with Crippen molar-refractivity contribution in [3.05, 3.63) is 65.9 Å². The molecule has 2 aromatic carbocycles. The number of piperidine rings is 1. The number of benzene rings is 2. The zero-order valence-corrected chi connectivity index (χ0v) is 15.1. The minimum absolute atomic E-state index is 0.139. The summed E-state index contributed by atoms with van der Waals surface area (Å²) in [5, 5.41) is 19.2. The summed E-state index contributed by atoms with van der Waals surface area (Å²) in [6.45, 7) is 1.30. The van der Waals surface area contributed by atoms with Gasteiger partial charge in [0.15, 0.2) is 0 Å². The highest BCUT2D eigenvalue weighted by molar-refractivity contribution is 6.23. The molecule has 2 aromatic rings. The standard InChI is InChI=1S/C21H21N3O4/c25-19-16-12-22-11-10-17(16)24-21(27)18(19)20(26)23-13-6-8-15(9-7-13)28-14-4-2-1-3-5-14/h1-9,16-17,22,25H,10-12H2,(H,23,26)(H,24,27). The SMILES string of the molecule is O=C(Nc1ccc(Oc2ccccc2)cc1)C1=C(O)C2CNCCC2NC1=O. The zero-order valence-electron chi connectivity index (χ0n) is 15.1. The van der Waals surface area contributed by atoms with Gasteiger partial charge in [0.25, 0.3) is 11.8 Å². The van der Waals surface area contributed by atoms with Gasteiger partial charge in [-0.05, 0) is 49.4 Å². The fourth-order valence-corrected chi connectivity index (χ4v) is 3.50. The van der Waals surface area contributed by atoms with E-state index in [0.29, 0.717) is 23.7 Å². The monoisotopic (exact) mass is 379 g/mol. The van der Waals surface area contributed by atoms with Crippen LogP contribution in [-0.2, 0) is 9.59 Å². The van der Waals surface area contributed by atoms with Crippen molar-refractivity contribution >= 4 is 17.5 Å². The summed E-state index contributed by atoms with van der Waals surface area (Å²) in [7, 11) is 0. The number of hydrogen-bond donors (Lipinski definition) is 4. The Morgan fingerprint density at radius 3 is 2.54 bits per heavy atom. The van der Waals surface area contributed by atoms with E-state index in [9.17, 15) is 14.7 Å². The molecular formula is C21H21N3O4. The van der Waals surface area contributed by atoms with E-state index >= 15 is 0 Å². The maximum Gasteiger partial charge on any atom is 0.264 e. The molecule has 2 amide bonds. The molecule has 2 atom stereocenters. The lowest BCUT2D eigenvalue weighted by Gasteiger charge is -2.36. The first-order valence-electron chi connectivity index (χ1n) is 9.21. The van der Waals surface area contributed by atoms with Gasteiger partial charge < -0.3 is 25.8 Å². The normalized spacial score (nSPS) is 21.5. The molecule has 1 fully saturated rings. The van der Waals surface area contributed by atoms with Crippen LogP contribution in [0.1, 0.15) is 6.42 Å². The van der Waals surface area contributed by atoms with Crippen LogP contribution in [0.2, 0.25) is 0 Å². The molecule has 2 aliphatic heterocycles. The number of rotatable bonds is 4. The maximum absolute atomic E-state index is 12.6. The van der Waals surface area contributed by atoms with E-state index in [2.05, 4.69) is 16.0 Å². The molecule has 4 rings (SSSR count). The quantitative estimate of drug-likeness (QED) is 0.611. The molecule has 2 unspecified atom stereocenters. The predicted octanol–water partition coefficient (Wildman–Crippen LogP) is 2.34. The van der Waals surface area contributed by atoms with Gasteiger partial charge in [-0.1, -0.05) is 18.2 Å². The van der Waals surface area contributed by atoms with Crippen molar-refractivity contribution in [1.29, 1.82) is 0 Å². The van der Waals surface area contributed by atoms with E-state index in [1.165, 1.54) is 0 Å². The lowest BCUT2D eigenvalue weighted by atomic mass is 9.85. The molecule has 28 heavy (non-hydrogen) atoms. The number of anilines is 1. The van der Waals surface area contributed by atoms with Crippen LogP contribution >= 0.6 is 0 Å². The molecule has 0 radical (unpaired) electrons. The summed E-state index contributed by atoms with van der Waals surface area (Å²) in [6.07, 6.45) is 0.720. The van der Waals surface area contributed by atoms with Gasteiger partial charge >= 0.3 is 0 Å². The van der Waals surface area contributed by atoms with E-state index in [1.807, 2.05) is 30.3 Å². The highest BCUT2D eigenvalue weighted by atomic mass is 16.5. The molecule has 1 saturated heterocycles. The zero-order chi connectivity index (χ0) is 19.5. The van der Waals surface area contributed by atoms with Crippen molar-refractivity contribution in [3.8, 4) is 11.5 Å². The lowest BCUT2D eigenvalue weighted by molar-refractivity contribution is -0.123. The molecular weight excluding hydrogens is 358 g/mol. The largest absolute Gasteiger partial charge is 0.511 e. The van der Waals surface area contributed by atoms with Gasteiger partial charge in [0.1, 0.15) is 22.8 Å². The third kappa shape index (κ3) is 3.70. The summed E-state index contributed by atoms with van der Waals surface area (Å²) < 4.78 is 5.71. The Morgan fingerprint density at radius 2 is 1.79 bits per heavy atom. The Morgan fingerprint density at radius 1 is 1.07 bits per heavy atom. The number of fused-ring (bicyclic) bond motifs is 1. The average Bonchev–Trinajstić information content (AvgIpc) is 2.70. The van der Waals surface area contributed by atoms with Gasteiger partial charge in [-0.3, -0.25) is 9.59 Å². The summed E-state index contributed by atoms with van der Waals surface area (Å²) in [6, 6.07) is 16.0. The Balaban J connectivity index is 1.46. The number of ether oxygens (including phenoxy) is 1. The molecule has 0 spiro atoms. The lowest BCUT2D eigenvalue weighted by Crippen LogP contribution is -2.55. The van der Waals surface area contributed by atoms with Crippen LogP contribution in [0.5, 0.6) is 11.5 Å². The molecule has 0 bridgehead atoms. The summed E-state index contributed by atoms with van der Waals surface area (Å²) in [5.74, 6) is -0.268. The Hall–Kier alpha value is -3.32. The Bertz CT molecular complexity index is 909. The van der Waals surface area contributed by atoms with Crippen LogP contribution in [0.15, 0.2) is 65.9 Å². The van der Waals surface area contributed by atoms with Crippen LogP contribution in [0.4, 0.5) is 5.69 Å². The van der Waals surface area contributed by atoms with Crippen LogP contribution in [0.25, 0.3) is 0 Å². The molecule has 0 aliphatic carbocycles. The molecule has 0 aromatic heterocycles. The predicted molar refractivity (Wildman–Crippen MR) is 104 cm³/mol. The third-order valence-corrected chi connectivity index (χ3v) is 4.95. The first kappa shape index (κ1) is 18.1. The first-order valence-corrected chi connectivity index (χ1v) is 9.21. The molecule has 2 aliphatic rings. The van der Waals surface area contributed by atoms with Gasteiger partial charge in [-0.25, -0.2) is 0 Å². The van der Waals surface area contributed by atoms with Gasteiger partial charge in [-0.15, -0.1) is 0 Å². The van der Waals surface area contributed by atoms with Crippen molar-refractivity contribution in [2.24, 2.45) is 5.92 Å². The number of aliphatic hydroxyl groups excluding tert-OH is 1. The van der Waals surface area contributed by atoms with Crippen molar-refractivity contribution in [1.82, 2.24) is 10.6 Å². The highest BCUT2D eigenvalue weighted by Crippen LogP contribution is 2.27. The van der Waals surface area contributed by atoms with Crippen molar-refractivity contribution in [2.45, 2.75) is 12.5 Å². The highest BCUT2D eigenvalue weighted by Gasteiger charge is 2.39. The van der Waals surface area contributed by atoms with E-state index < -0.39 is 11.8 Å². The van der Waals surface area contributed by atoms with Crippen molar-refractivity contribution in [2.75, 3.05) is 18.4 Å². The summed E-state index contributed by atoms with van der Waals surface area (Å²) in [5.41, 5.74) is 0.275. The smallest absolute Gasteiger partial charge is 0.264 e. The van der Waals surface area contributed by atoms with E-state index in [1.54, 1.807) is 24.3 Å². The molecule has 0 saturated carbocycles. The number of para-hydroxylation sites is 1. The number of aliphatic hydroxyl groups is 1. The fourth-order valence-electron chi connectivity index (χ4n) is 3.50. The molecule has 2 heterocycles. The van der Waals surface area contributed by atoms with Crippen molar-refractivity contribution < 1.29 is 19.4 Å². The van der Waals surface area contributed by atoms with Gasteiger partial charge in [0.05, 0.1) is 5.92 Å². The second kappa shape index (κ2) is 7.74. The van der Waals surface area contributed by atoms with Crippen molar-refractivity contribution in [3.63, 3.8) is 0 Å². The van der Waals surface area contributed by atoms with E-state index in [4.69, 9.17) is 4.74 Å². The van der Waals surface area contributed by atoms with E-state index in [-0.39, 0.29) is 23.3 Å². The minimum Gasteiger partial charge on any atom is -0.511 e. The third-order valence-electron chi connectivity index (χ3n) is 4.95. The summed E-state index contributed by atoms with van der Waals surface area (Å²) >= 11 is 0. The van der Waals surface area contributed by atoms with Gasteiger partial charge in [0, 0.05) is 18.3 Å². The Kier molecular flexibility index (Phi) is 4.99. The number of amides is 2. The molecule has 7 heteroatoms. The van der Waals surface area contributed by atoms with Crippen LogP contribution in [-0.4, -0.2) is 36.1 Å². The van der Waals surface area contributed by atoms with Crippen LogP contribution in [0, 0.1) is 5.92 Å². The Labute approximate surface area is 162 Å². The average molecular weight is 379 g/mol. The second-order valence-electron chi connectivity index (χ2n) is 6.83. The van der Waals surface area contributed by atoms with E-state index in [0.717, 1.165) is 13.0 Å². The molecule has 4 N–H and O–H groups in total. The maximum atomic E-state index is 12.6.